The van der Waals surface area contributed by atoms with Gasteiger partial charge in [-0.05, 0) is 43.2 Å². The molecule has 0 radical (unpaired) electrons. The summed E-state index contributed by atoms with van der Waals surface area (Å²) < 4.78 is 13.2. The molecule has 0 aliphatic heterocycles. The van der Waals surface area contributed by atoms with Crippen LogP contribution in [0.3, 0.4) is 0 Å². The summed E-state index contributed by atoms with van der Waals surface area (Å²) >= 11 is 0. The average Bonchev–Trinajstić information content (AvgIpc) is 2.36. The Morgan fingerprint density at radius 1 is 1.20 bits per heavy atom. The van der Waals surface area contributed by atoms with E-state index in [1.54, 1.807) is 11.9 Å². The lowest BCUT2D eigenvalue weighted by atomic mass is 10.1. The molecule has 0 aliphatic rings. The van der Waals surface area contributed by atoms with Gasteiger partial charge in [0.1, 0.15) is 17.2 Å². The zero-order valence-electron chi connectivity index (χ0n) is 11.5. The number of halogens is 1. The molecule has 0 bridgehead atoms. The topological polar surface area (TPSA) is 53.4 Å². The van der Waals surface area contributed by atoms with Gasteiger partial charge in [-0.2, -0.15) is 0 Å². The number of pyridine rings is 1. The van der Waals surface area contributed by atoms with E-state index in [-0.39, 0.29) is 11.4 Å². The molecule has 0 saturated carbocycles. The van der Waals surface area contributed by atoms with Gasteiger partial charge in [0.2, 0.25) is 0 Å². The standard InChI is InChI=1S/C15H15FN2O2/c1-9-4-10(2)6-12(5-9)18(3)14-13(15(19)20)7-11(16)8-17-14/h4-8H,1-3H3,(H,19,20). The minimum atomic E-state index is -1.21. The molecule has 104 valence electrons. The van der Waals surface area contributed by atoms with Crippen LogP contribution in [0.5, 0.6) is 0 Å². The van der Waals surface area contributed by atoms with Gasteiger partial charge in [-0.25, -0.2) is 14.2 Å². The van der Waals surface area contributed by atoms with Gasteiger partial charge in [-0.15, -0.1) is 0 Å². The Morgan fingerprint density at radius 3 is 2.35 bits per heavy atom. The van der Waals surface area contributed by atoms with E-state index in [0.717, 1.165) is 29.1 Å². The Labute approximate surface area is 116 Å². The summed E-state index contributed by atoms with van der Waals surface area (Å²) in [5.41, 5.74) is 2.77. The first-order chi connectivity index (χ1) is 9.38. The Hall–Kier alpha value is -2.43. The van der Waals surface area contributed by atoms with Crippen molar-refractivity contribution in [1.82, 2.24) is 4.98 Å². The van der Waals surface area contributed by atoms with Crippen LogP contribution in [0.15, 0.2) is 30.5 Å². The van der Waals surface area contributed by atoms with E-state index < -0.39 is 11.8 Å². The summed E-state index contributed by atoms with van der Waals surface area (Å²) in [4.78, 5) is 16.8. The van der Waals surface area contributed by atoms with Crippen LogP contribution in [0, 0.1) is 19.7 Å². The Bertz CT molecular complexity index is 651. The predicted octanol–water partition coefficient (Wildman–Crippen LogP) is 3.30. The molecule has 0 aliphatic carbocycles. The molecule has 1 aromatic carbocycles. The number of aromatic carboxylic acids is 1. The zero-order valence-corrected chi connectivity index (χ0v) is 11.5. The van der Waals surface area contributed by atoms with Crippen molar-refractivity contribution in [3.63, 3.8) is 0 Å². The third-order valence-electron chi connectivity index (χ3n) is 2.98. The maximum Gasteiger partial charge on any atom is 0.339 e. The Morgan fingerprint density at radius 2 is 1.80 bits per heavy atom. The van der Waals surface area contributed by atoms with Crippen molar-refractivity contribution in [2.75, 3.05) is 11.9 Å². The van der Waals surface area contributed by atoms with Crippen LogP contribution in [0.2, 0.25) is 0 Å². The second-order valence-corrected chi connectivity index (χ2v) is 4.73. The van der Waals surface area contributed by atoms with E-state index in [1.807, 2.05) is 32.0 Å². The number of carboxylic acids is 1. The summed E-state index contributed by atoms with van der Waals surface area (Å²) in [5.74, 6) is -1.66. The van der Waals surface area contributed by atoms with E-state index in [1.165, 1.54) is 0 Å². The number of carbonyl (C=O) groups is 1. The van der Waals surface area contributed by atoms with Crippen LogP contribution in [-0.2, 0) is 0 Å². The van der Waals surface area contributed by atoms with Crippen molar-refractivity contribution in [2.24, 2.45) is 0 Å². The minimum Gasteiger partial charge on any atom is -0.478 e. The molecular weight excluding hydrogens is 259 g/mol. The van der Waals surface area contributed by atoms with Crippen molar-refractivity contribution in [2.45, 2.75) is 13.8 Å². The first-order valence-corrected chi connectivity index (χ1v) is 6.09. The molecule has 2 aromatic rings. The molecule has 0 unspecified atom stereocenters. The second-order valence-electron chi connectivity index (χ2n) is 4.73. The Kier molecular flexibility index (Phi) is 3.70. The average molecular weight is 274 g/mol. The van der Waals surface area contributed by atoms with E-state index in [2.05, 4.69) is 4.98 Å². The maximum atomic E-state index is 13.2. The van der Waals surface area contributed by atoms with E-state index in [0.29, 0.717) is 0 Å². The number of rotatable bonds is 3. The number of benzene rings is 1. The number of hydrogen-bond donors (Lipinski definition) is 1. The number of nitrogens with zero attached hydrogens (tertiary/aromatic N) is 2. The van der Waals surface area contributed by atoms with Crippen LogP contribution in [0.1, 0.15) is 21.5 Å². The fourth-order valence-electron chi connectivity index (χ4n) is 2.12. The van der Waals surface area contributed by atoms with E-state index in [4.69, 9.17) is 5.11 Å². The maximum absolute atomic E-state index is 13.2. The van der Waals surface area contributed by atoms with Gasteiger partial charge in [-0.3, -0.25) is 0 Å². The first kappa shape index (κ1) is 14.0. The van der Waals surface area contributed by atoms with Crippen molar-refractivity contribution >= 4 is 17.5 Å². The lowest BCUT2D eigenvalue weighted by molar-refractivity contribution is 0.0696. The number of carboxylic acid groups (broad SMARTS) is 1. The third-order valence-corrected chi connectivity index (χ3v) is 2.98. The number of hydrogen-bond acceptors (Lipinski definition) is 3. The Balaban J connectivity index is 2.52. The number of aromatic nitrogens is 1. The molecule has 0 fully saturated rings. The molecule has 1 heterocycles. The predicted molar refractivity (Wildman–Crippen MR) is 75.1 cm³/mol. The highest BCUT2D eigenvalue weighted by atomic mass is 19.1. The number of aryl methyl sites for hydroxylation is 2. The normalized spacial score (nSPS) is 10.4. The van der Waals surface area contributed by atoms with Crippen molar-refractivity contribution in [3.05, 3.63) is 53.0 Å². The monoisotopic (exact) mass is 274 g/mol. The van der Waals surface area contributed by atoms with Crippen LogP contribution < -0.4 is 4.90 Å². The summed E-state index contributed by atoms with van der Waals surface area (Å²) in [6.45, 7) is 3.92. The second kappa shape index (κ2) is 5.28. The van der Waals surface area contributed by atoms with Gasteiger partial charge in [0.25, 0.3) is 0 Å². The van der Waals surface area contributed by atoms with Gasteiger partial charge in [0.05, 0.1) is 6.20 Å². The van der Waals surface area contributed by atoms with E-state index >= 15 is 0 Å². The highest BCUT2D eigenvalue weighted by Crippen LogP contribution is 2.27. The summed E-state index contributed by atoms with van der Waals surface area (Å²) in [7, 11) is 1.71. The lowest BCUT2D eigenvalue weighted by Gasteiger charge is -2.21. The fraction of sp³-hybridized carbons (Fsp3) is 0.200. The van der Waals surface area contributed by atoms with Gasteiger partial charge >= 0.3 is 5.97 Å². The molecule has 0 saturated heterocycles. The van der Waals surface area contributed by atoms with Crippen LogP contribution in [0.25, 0.3) is 0 Å². The van der Waals surface area contributed by atoms with Crippen molar-refractivity contribution in [1.29, 1.82) is 0 Å². The summed E-state index contributed by atoms with van der Waals surface area (Å²) in [5, 5.41) is 9.16. The third kappa shape index (κ3) is 2.77. The van der Waals surface area contributed by atoms with Gasteiger partial charge in [-0.1, -0.05) is 6.07 Å². The zero-order chi connectivity index (χ0) is 14.9. The van der Waals surface area contributed by atoms with Crippen molar-refractivity contribution in [3.8, 4) is 0 Å². The summed E-state index contributed by atoms with van der Waals surface area (Å²) in [6, 6.07) is 6.84. The number of anilines is 2. The fourth-order valence-corrected chi connectivity index (χ4v) is 2.12. The van der Waals surface area contributed by atoms with E-state index in [9.17, 15) is 9.18 Å². The minimum absolute atomic E-state index is 0.161. The molecule has 1 N–H and O–H groups in total. The van der Waals surface area contributed by atoms with Gasteiger partial charge in [0, 0.05) is 12.7 Å². The molecule has 0 spiro atoms. The molecule has 4 nitrogen and oxygen atoms in total. The lowest BCUT2D eigenvalue weighted by Crippen LogP contribution is -2.16. The van der Waals surface area contributed by atoms with Gasteiger partial charge < -0.3 is 10.0 Å². The SMILES string of the molecule is Cc1cc(C)cc(N(C)c2ncc(F)cc2C(=O)O)c1. The van der Waals surface area contributed by atoms with Crippen LogP contribution in [-0.4, -0.2) is 23.1 Å². The van der Waals surface area contributed by atoms with Gasteiger partial charge in [0.15, 0.2) is 0 Å². The molecular formula is C15H15FN2O2. The highest BCUT2D eigenvalue weighted by Gasteiger charge is 2.17. The molecule has 1 aromatic heterocycles. The highest BCUT2D eigenvalue weighted by molar-refractivity contribution is 5.94. The van der Waals surface area contributed by atoms with Crippen LogP contribution >= 0.6 is 0 Å². The molecule has 5 heteroatoms. The molecule has 20 heavy (non-hydrogen) atoms. The molecule has 2 rings (SSSR count). The van der Waals surface area contributed by atoms with Crippen LogP contribution in [0.4, 0.5) is 15.9 Å². The smallest absolute Gasteiger partial charge is 0.339 e. The first-order valence-electron chi connectivity index (χ1n) is 6.09. The quantitative estimate of drug-likeness (QED) is 0.933. The molecule has 0 amide bonds. The largest absolute Gasteiger partial charge is 0.478 e. The molecule has 0 atom stereocenters. The van der Waals surface area contributed by atoms with Crippen molar-refractivity contribution < 1.29 is 14.3 Å². The summed E-state index contributed by atoms with van der Waals surface area (Å²) in [6.07, 6.45) is 1.01.